The molecule has 5 rings (SSSR count). The van der Waals surface area contributed by atoms with Crippen LogP contribution in [0.5, 0.6) is 17.2 Å². The minimum Gasteiger partial charge on any atom is -0.502 e. The fourth-order valence-electron chi connectivity index (χ4n) is 4.11. The summed E-state index contributed by atoms with van der Waals surface area (Å²) in [6.45, 7) is 0.0979. The third kappa shape index (κ3) is 3.98. The normalized spacial score (nSPS) is 16.4. The van der Waals surface area contributed by atoms with Gasteiger partial charge in [0.05, 0.1) is 11.1 Å². The molecule has 10 heteroatoms. The third-order valence-corrected chi connectivity index (χ3v) is 6.83. The van der Waals surface area contributed by atoms with Gasteiger partial charge in [-0.1, -0.05) is 19.3 Å². The molecule has 32 heavy (non-hydrogen) atoms. The summed E-state index contributed by atoms with van der Waals surface area (Å²) in [4.78, 5) is 12.8. The monoisotopic (exact) mass is 458 g/mol. The average molecular weight is 458 g/mol. The summed E-state index contributed by atoms with van der Waals surface area (Å²) < 4.78 is 46.5. The number of hydrogen-bond acceptors (Lipinski definition) is 7. The van der Waals surface area contributed by atoms with E-state index in [0.29, 0.717) is 17.1 Å². The molecule has 0 unspecified atom stereocenters. The van der Waals surface area contributed by atoms with Gasteiger partial charge in [-0.3, -0.25) is 9.52 Å². The molecule has 1 aromatic heterocycles. The SMILES string of the molecule is O=c1c(O)c(-c2ccc3c(c2)OCO3)oc2ccc(NS(=O)(=O)NC3CCCCC3)cc12. The molecule has 1 fully saturated rings. The molecule has 2 aliphatic rings. The molecule has 0 saturated heterocycles. The number of nitrogens with one attached hydrogen (secondary N) is 2. The molecule has 2 aromatic carbocycles. The van der Waals surface area contributed by atoms with Gasteiger partial charge in [-0.2, -0.15) is 13.1 Å². The number of ether oxygens (including phenoxy) is 2. The van der Waals surface area contributed by atoms with E-state index >= 15 is 0 Å². The van der Waals surface area contributed by atoms with Gasteiger partial charge in [-0.15, -0.1) is 0 Å². The summed E-state index contributed by atoms with van der Waals surface area (Å²) in [7, 11) is -3.80. The molecular weight excluding hydrogens is 436 g/mol. The first-order valence-corrected chi connectivity index (χ1v) is 11.9. The highest BCUT2D eigenvalue weighted by atomic mass is 32.2. The first-order chi connectivity index (χ1) is 15.4. The second-order valence-electron chi connectivity index (χ2n) is 7.95. The zero-order valence-corrected chi connectivity index (χ0v) is 17.9. The molecule has 3 aromatic rings. The third-order valence-electron chi connectivity index (χ3n) is 5.68. The molecule has 1 saturated carbocycles. The lowest BCUT2D eigenvalue weighted by molar-refractivity contribution is 0.174. The van der Waals surface area contributed by atoms with Gasteiger partial charge in [0, 0.05) is 11.6 Å². The van der Waals surface area contributed by atoms with Gasteiger partial charge in [-0.05, 0) is 49.2 Å². The highest BCUT2D eigenvalue weighted by Gasteiger charge is 2.22. The zero-order chi connectivity index (χ0) is 22.3. The van der Waals surface area contributed by atoms with Crippen molar-refractivity contribution < 1.29 is 27.4 Å². The molecule has 0 bridgehead atoms. The highest BCUT2D eigenvalue weighted by Crippen LogP contribution is 2.38. The maximum absolute atomic E-state index is 12.8. The number of benzene rings is 2. The Bertz CT molecular complexity index is 1340. The minimum absolute atomic E-state index is 0.00639. The first kappa shape index (κ1) is 20.7. The van der Waals surface area contributed by atoms with Crippen LogP contribution in [0.3, 0.4) is 0 Å². The Balaban J connectivity index is 1.45. The lowest BCUT2D eigenvalue weighted by Gasteiger charge is -2.22. The molecule has 1 aliphatic carbocycles. The molecule has 0 amide bonds. The van der Waals surface area contributed by atoms with E-state index in [1.165, 1.54) is 18.2 Å². The quantitative estimate of drug-likeness (QED) is 0.534. The van der Waals surface area contributed by atoms with E-state index in [-0.39, 0.29) is 35.3 Å². The molecular formula is C22H22N2O7S. The van der Waals surface area contributed by atoms with Gasteiger partial charge >= 0.3 is 0 Å². The van der Waals surface area contributed by atoms with Crippen LogP contribution >= 0.6 is 0 Å². The van der Waals surface area contributed by atoms with Crippen LogP contribution < -0.4 is 24.3 Å². The van der Waals surface area contributed by atoms with Crippen molar-refractivity contribution in [3.05, 3.63) is 46.6 Å². The summed E-state index contributed by atoms with van der Waals surface area (Å²) in [6, 6.07) is 9.18. The molecule has 1 aliphatic heterocycles. The van der Waals surface area contributed by atoms with E-state index in [2.05, 4.69) is 9.44 Å². The maximum Gasteiger partial charge on any atom is 0.299 e. The Morgan fingerprint density at radius 1 is 0.969 bits per heavy atom. The lowest BCUT2D eigenvalue weighted by atomic mass is 9.96. The smallest absolute Gasteiger partial charge is 0.299 e. The van der Waals surface area contributed by atoms with Gasteiger partial charge in [0.1, 0.15) is 5.58 Å². The topological polar surface area (TPSA) is 127 Å². The summed E-state index contributed by atoms with van der Waals surface area (Å²) in [5, 5.41) is 10.6. The van der Waals surface area contributed by atoms with Gasteiger partial charge in [0.2, 0.25) is 18.0 Å². The van der Waals surface area contributed by atoms with Crippen LogP contribution in [0, 0.1) is 0 Å². The van der Waals surface area contributed by atoms with Crippen LogP contribution in [-0.4, -0.2) is 26.4 Å². The van der Waals surface area contributed by atoms with Crippen molar-refractivity contribution in [1.82, 2.24) is 4.72 Å². The Kier molecular flexibility index (Phi) is 5.18. The van der Waals surface area contributed by atoms with Gasteiger partial charge < -0.3 is 19.0 Å². The van der Waals surface area contributed by atoms with Gasteiger partial charge in [0.25, 0.3) is 10.2 Å². The van der Waals surface area contributed by atoms with E-state index in [9.17, 15) is 18.3 Å². The summed E-state index contributed by atoms with van der Waals surface area (Å²) in [5.41, 5.74) is 0.194. The largest absolute Gasteiger partial charge is 0.502 e. The van der Waals surface area contributed by atoms with Crippen molar-refractivity contribution in [3.63, 3.8) is 0 Å². The molecule has 0 atom stereocenters. The molecule has 3 N–H and O–H groups in total. The standard InChI is InChI=1S/C22H22N2O7S/c25-20-16-11-15(24-32(27,28)23-14-4-2-1-3-5-14)7-9-17(16)31-22(21(20)26)13-6-8-18-19(10-13)30-12-29-18/h6-11,14,23-24,26H,1-5,12H2. The van der Waals surface area contributed by atoms with Crippen molar-refractivity contribution >= 4 is 26.9 Å². The van der Waals surface area contributed by atoms with Crippen molar-refractivity contribution in [3.8, 4) is 28.6 Å². The Labute approximate surface area is 184 Å². The second-order valence-corrected chi connectivity index (χ2v) is 9.39. The molecule has 2 heterocycles. The van der Waals surface area contributed by atoms with Crippen LogP contribution in [-0.2, 0) is 10.2 Å². The van der Waals surface area contributed by atoms with Crippen molar-refractivity contribution in [2.24, 2.45) is 0 Å². The number of rotatable bonds is 5. The maximum atomic E-state index is 12.8. The van der Waals surface area contributed by atoms with Crippen molar-refractivity contribution in [1.29, 1.82) is 0 Å². The summed E-state index contributed by atoms with van der Waals surface area (Å²) >= 11 is 0. The van der Waals surface area contributed by atoms with Crippen LogP contribution in [0.25, 0.3) is 22.3 Å². The highest BCUT2D eigenvalue weighted by molar-refractivity contribution is 7.90. The summed E-state index contributed by atoms with van der Waals surface area (Å²) in [5.74, 6) is 0.472. The van der Waals surface area contributed by atoms with Crippen molar-refractivity contribution in [2.45, 2.75) is 38.1 Å². The number of fused-ring (bicyclic) bond motifs is 2. The predicted octanol–water partition coefficient (Wildman–Crippen LogP) is 3.47. The Hall–Kier alpha value is -3.24. The van der Waals surface area contributed by atoms with Gasteiger partial charge in [0.15, 0.2) is 17.3 Å². The van der Waals surface area contributed by atoms with E-state index < -0.39 is 21.4 Å². The molecule has 0 spiro atoms. The second kappa shape index (κ2) is 8.03. The Morgan fingerprint density at radius 2 is 1.75 bits per heavy atom. The van der Waals surface area contributed by atoms with E-state index in [1.807, 2.05) is 0 Å². The average Bonchev–Trinajstić information content (AvgIpc) is 3.24. The van der Waals surface area contributed by atoms with E-state index in [4.69, 9.17) is 13.9 Å². The zero-order valence-electron chi connectivity index (χ0n) is 17.1. The lowest BCUT2D eigenvalue weighted by Crippen LogP contribution is -2.39. The summed E-state index contributed by atoms with van der Waals surface area (Å²) in [6.07, 6.45) is 4.71. The number of aromatic hydroxyl groups is 1. The number of anilines is 1. The molecule has 0 radical (unpaired) electrons. The van der Waals surface area contributed by atoms with E-state index in [0.717, 1.165) is 32.1 Å². The number of hydrogen-bond donors (Lipinski definition) is 3. The first-order valence-electron chi connectivity index (χ1n) is 10.4. The fourth-order valence-corrected chi connectivity index (χ4v) is 5.28. The minimum atomic E-state index is -3.80. The van der Waals surface area contributed by atoms with Crippen LogP contribution in [0.1, 0.15) is 32.1 Å². The molecule has 9 nitrogen and oxygen atoms in total. The van der Waals surface area contributed by atoms with Gasteiger partial charge in [-0.25, -0.2) is 0 Å². The van der Waals surface area contributed by atoms with Crippen LogP contribution in [0.4, 0.5) is 5.69 Å². The van der Waals surface area contributed by atoms with Crippen LogP contribution in [0.2, 0.25) is 0 Å². The van der Waals surface area contributed by atoms with Crippen molar-refractivity contribution in [2.75, 3.05) is 11.5 Å². The van der Waals surface area contributed by atoms with Crippen LogP contribution in [0.15, 0.2) is 45.6 Å². The van der Waals surface area contributed by atoms with E-state index in [1.54, 1.807) is 18.2 Å². The molecule has 168 valence electrons. The predicted molar refractivity (Wildman–Crippen MR) is 118 cm³/mol. The Morgan fingerprint density at radius 3 is 2.56 bits per heavy atom. The fraction of sp³-hybridized carbons (Fsp3) is 0.318.